The molecule has 1 aromatic heterocycles. The van der Waals surface area contributed by atoms with Gasteiger partial charge in [0, 0.05) is 16.9 Å². The summed E-state index contributed by atoms with van der Waals surface area (Å²) in [7, 11) is 0. The average molecular weight is 286 g/mol. The van der Waals surface area contributed by atoms with Gasteiger partial charge >= 0.3 is 0 Å². The maximum Gasteiger partial charge on any atom is 0.267 e. The van der Waals surface area contributed by atoms with Gasteiger partial charge in [-0.05, 0) is 50.3 Å². The van der Waals surface area contributed by atoms with E-state index in [1.54, 1.807) is 0 Å². The number of rotatable bonds is 4. The number of H-pyrrole nitrogens is 1. The van der Waals surface area contributed by atoms with Crippen molar-refractivity contribution in [3.05, 3.63) is 35.5 Å². The number of aromatic nitrogens is 1. The minimum atomic E-state index is -0.183. The normalized spacial score (nSPS) is 22.8. The first-order chi connectivity index (χ1) is 10.1. The van der Waals surface area contributed by atoms with Crippen molar-refractivity contribution in [1.82, 2.24) is 10.3 Å². The fourth-order valence-electron chi connectivity index (χ4n) is 3.13. The molecular formula is C17H22N2O2. The van der Waals surface area contributed by atoms with E-state index in [1.165, 1.54) is 5.56 Å². The standard InChI is InChI=1S/C17H22N2O2/c1-3-14(12-7-13(20)8-12)19-17(21)16-9-11-6-10(2)4-5-15(11)18-16/h4-6,9,12-14,18,20H,3,7-8H2,1-2H3,(H,19,21)/t12?,13?,14-/m1/s1. The lowest BCUT2D eigenvalue weighted by Gasteiger charge is -2.37. The van der Waals surface area contributed by atoms with Gasteiger partial charge in [-0.15, -0.1) is 0 Å². The zero-order valence-electron chi connectivity index (χ0n) is 12.5. The Morgan fingerprint density at radius 1 is 1.43 bits per heavy atom. The quantitative estimate of drug-likeness (QED) is 0.809. The lowest BCUT2D eigenvalue weighted by molar-refractivity contribution is 0.0232. The van der Waals surface area contributed by atoms with E-state index in [1.807, 2.05) is 25.1 Å². The Kier molecular flexibility index (Phi) is 3.72. The van der Waals surface area contributed by atoms with E-state index in [9.17, 15) is 9.90 Å². The third-order valence-corrected chi connectivity index (χ3v) is 4.50. The highest BCUT2D eigenvalue weighted by molar-refractivity contribution is 5.98. The number of aliphatic hydroxyl groups is 1. The van der Waals surface area contributed by atoms with Gasteiger partial charge in [0.15, 0.2) is 0 Å². The Balaban J connectivity index is 1.73. The molecule has 0 spiro atoms. The Morgan fingerprint density at radius 3 is 2.86 bits per heavy atom. The van der Waals surface area contributed by atoms with Crippen LogP contribution in [0.2, 0.25) is 0 Å². The van der Waals surface area contributed by atoms with Crippen LogP contribution in [-0.4, -0.2) is 28.1 Å². The maximum atomic E-state index is 12.4. The smallest absolute Gasteiger partial charge is 0.267 e. The summed E-state index contributed by atoms with van der Waals surface area (Å²) in [6.45, 7) is 4.12. The van der Waals surface area contributed by atoms with Crippen LogP contribution in [0.4, 0.5) is 0 Å². The number of benzene rings is 1. The predicted octanol–water partition coefficient (Wildman–Crippen LogP) is 2.76. The van der Waals surface area contributed by atoms with Crippen molar-refractivity contribution < 1.29 is 9.90 Å². The first kappa shape index (κ1) is 14.1. The molecule has 1 aromatic carbocycles. The van der Waals surface area contributed by atoms with Crippen molar-refractivity contribution in [2.75, 3.05) is 0 Å². The highest BCUT2D eigenvalue weighted by Crippen LogP contribution is 2.31. The zero-order valence-corrected chi connectivity index (χ0v) is 12.5. The predicted molar refractivity (Wildman–Crippen MR) is 83.3 cm³/mol. The van der Waals surface area contributed by atoms with Gasteiger partial charge in [0.1, 0.15) is 5.69 Å². The monoisotopic (exact) mass is 286 g/mol. The lowest BCUT2D eigenvalue weighted by atomic mass is 9.76. The van der Waals surface area contributed by atoms with Crippen LogP contribution in [0.25, 0.3) is 10.9 Å². The number of fused-ring (bicyclic) bond motifs is 1. The minimum absolute atomic E-state index is 0.0582. The van der Waals surface area contributed by atoms with Crippen LogP contribution in [0.1, 0.15) is 42.2 Å². The molecule has 0 radical (unpaired) electrons. The van der Waals surface area contributed by atoms with Crippen molar-refractivity contribution in [2.45, 2.75) is 45.3 Å². The molecule has 1 saturated carbocycles. The highest BCUT2D eigenvalue weighted by Gasteiger charge is 2.34. The third-order valence-electron chi connectivity index (χ3n) is 4.50. The summed E-state index contributed by atoms with van der Waals surface area (Å²) in [5, 5.41) is 13.6. The van der Waals surface area contributed by atoms with E-state index in [4.69, 9.17) is 0 Å². The molecule has 3 rings (SSSR count). The van der Waals surface area contributed by atoms with E-state index in [2.05, 4.69) is 23.3 Å². The van der Waals surface area contributed by atoms with Gasteiger partial charge in [-0.1, -0.05) is 18.6 Å². The first-order valence-electron chi connectivity index (χ1n) is 7.65. The third kappa shape index (κ3) is 2.81. The van der Waals surface area contributed by atoms with Crippen molar-refractivity contribution in [3.63, 3.8) is 0 Å². The van der Waals surface area contributed by atoms with Crippen LogP contribution in [-0.2, 0) is 0 Å². The summed E-state index contributed by atoms with van der Waals surface area (Å²) in [5.74, 6) is 0.345. The summed E-state index contributed by atoms with van der Waals surface area (Å²) in [6, 6.07) is 8.16. The number of hydrogen-bond acceptors (Lipinski definition) is 2. The Labute approximate surface area is 124 Å². The fourth-order valence-corrected chi connectivity index (χ4v) is 3.13. The maximum absolute atomic E-state index is 12.4. The van der Waals surface area contributed by atoms with E-state index in [0.717, 1.165) is 30.2 Å². The molecule has 0 aliphatic heterocycles. The van der Waals surface area contributed by atoms with E-state index in [-0.39, 0.29) is 18.1 Å². The number of nitrogens with one attached hydrogen (secondary N) is 2. The fraction of sp³-hybridized carbons (Fsp3) is 0.471. The van der Waals surface area contributed by atoms with Gasteiger partial charge in [0.05, 0.1) is 6.10 Å². The van der Waals surface area contributed by atoms with E-state index >= 15 is 0 Å². The Bertz CT molecular complexity index is 656. The van der Waals surface area contributed by atoms with Gasteiger partial charge < -0.3 is 15.4 Å². The molecule has 0 unspecified atom stereocenters. The average Bonchev–Trinajstić information content (AvgIpc) is 2.84. The van der Waals surface area contributed by atoms with Crippen molar-refractivity contribution >= 4 is 16.8 Å². The summed E-state index contributed by atoms with van der Waals surface area (Å²) in [5.41, 5.74) is 2.77. The van der Waals surface area contributed by atoms with Gasteiger partial charge in [-0.3, -0.25) is 4.79 Å². The van der Waals surface area contributed by atoms with Gasteiger partial charge in [0.25, 0.3) is 5.91 Å². The Morgan fingerprint density at radius 2 is 2.19 bits per heavy atom. The zero-order chi connectivity index (χ0) is 15.0. The molecule has 1 amide bonds. The highest BCUT2D eigenvalue weighted by atomic mass is 16.3. The number of carbonyl (C=O) groups excluding carboxylic acids is 1. The summed E-state index contributed by atoms with van der Waals surface area (Å²) >= 11 is 0. The van der Waals surface area contributed by atoms with Crippen molar-refractivity contribution in [3.8, 4) is 0 Å². The number of hydrogen-bond donors (Lipinski definition) is 3. The summed E-state index contributed by atoms with van der Waals surface area (Å²) in [6.07, 6.45) is 2.30. The molecule has 4 nitrogen and oxygen atoms in total. The molecule has 21 heavy (non-hydrogen) atoms. The second kappa shape index (κ2) is 5.53. The molecule has 1 fully saturated rings. The van der Waals surface area contributed by atoms with Gasteiger partial charge in [-0.25, -0.2) is 0 Å². The summed E-state index contributed by atoms with van der Waals surface area (Å²) in [4.78, 5) is 15.6. The largest absolute Gasteiger partial charge is 0.393 e. The number of aromatic amines is 1. The molecule has 1 atom stereocenters. The van der Waals surface area contributed by atoms with E-state index < -0.39 is 0 Å². The number of amides is 1. The molecule has 4 heteroatoms. The van der Waals surface area contributed by atoms with Crippen LogP contribution in [0.3, 0.4) is 0 Å². The molecular weight excluding hydrogens is 264 g/mol. The number of aryl methyl sites for hydroxylation is 1. The second-order valence-electron chi connectivity index (χ2n) is 6.15. The van der Waals surface area contributed by atoms with Crippen molar-refractivity contribution in [1.29, 1.82) is 0 Å². The lowest BCUT2D eigenvalue weighted by Crippen LogP contribution is -2.46. The molecule has 1 aliphatic rings. The van der Waals surface area contributed by atoms with E-state index in [0.29, 0.717) is 11.6 Å². The molecule has 1 aliphatic carbocycles. The molecule has 112 valence electrons. The Hall–Kier alpha value is -1.81. The molecule has 3 N–H and O–H groups in total. The van der Waals surface area contributed by atoms with Gasteiger partial charge in [0.2, 0.25) is 0 Å². The van der Waals surface area contributed by atoms with Crippen molar-refractivity contribution in [2.24, 2.45) is 5.92 Å². The van der Waals surface area contributed by atoms with Crippen LogP contribution in [0, 0.1) is 12.8 Å². The number of aliphatic hydroxyl groups excluding tert-OH is 1. The minimum Gasteiger partial charge on any atom is -0.393 e. The summed E-state index contributed by atoms with van der Waals surface area (Å²) < 4.78 is 0. The molecule has 0 bridgehead atoms. The SMILES string of the molecule is CC[C@@H](NC(=O)c1cc2cc(C)ccc2[nH]1)C1CC(O)C1. The number of carbonyl (C=O) groups is 1. The molecule has 2 aromatic rings. The second-order valence-corrected chi connectivity index (χ2v) is 6.15. The topological polar surface area (TPSA) is 65.1 Å². The van der Waals surface area contributed by atoms with Crippen LogP contribution >= 0.6 is 0 Å². The van der Waals surface area contributed by atoms with Crippen LogP contribution in [0.15, 0.2) is 24.3 Å². The van der Waals surface area contributed by atoms with Gasteiger partial charge in [-0.2, -0.15) is 0 Å². The van der Waals surface area contributed by atoms with Crippen LogP contribution in [0.5, 0.6) is 0 Å². The first-order valence-corrected chi connectivity index (χ1v) is 7.65. The molecule has 1 heterocycles. The molecule has 0 saturated heterocycles. The van der Waals surface area contributed by atoms with Crippen LogP contribution < -0.4 is 5.32 Å².